The van der Waals surface area contributed by atoms with Gasteiger partial charge in [0.2, 0.25) is 0 Å². The molecular formula is C22H23F2NO4. The Morgan fingerprint density at radius 2 is 1.83 bits per heavy atom. The van der Waals surface area contributed by atoms with Gasteiger partial charge in [-0.3, -0.25) is 4.79 Å². The molecule has 2 aromatic carbocycles. The van der Waals surface area contributed by atoms with Crippen molar-refractivity contribution in [1.82, 2.24) is 5.32 Å². The number of rotatable bonds is 7. The van der Waals surface area contributed by atoms with E-state index in [4.69, 9.17) is 9.15 Å². The number of fused-ring (bicyclic) bond motifs is 1. The number of furan rings is 1. The van der Waals surface area contributed by atoms with Crippen LogP contribution in [-0.2, 0) is 6.42 Å². The van der Waals surface area contributed by atoms with E-state index in [2.05, 4.69) is 10.1 Å². The number of aryl methyl sites for hydroxylation is 3. The van der Waals surface area contributed by atoms with Crippen LogP contribution in [-0.4, -0.2) is 26.2 Å². The molecule has 0 aliphatic heterocycles. The summed E-state index contributed by atoms with van der Waals surface area (Å²) in [6, 6.07) is 8.75. The predicted molar refractivity (Wildman–Crippen MR) is 106 cm³/mol. The standard InChI is InChI=1S/C22H23F2NO4/c1-12-5-6-13(2)19-18(12)14(3)20(29-19)21(26)25-10-9-15-7-8-16(27-4)17(11-15)28-22(23)24/h5-8,11,22H,9-10H2,1-4H3,(H,25,26). The van der Waals surface area contributed by atoms with Gasteiger partial charge in [-0.05, 0) is 56.0 Å². The van der Waals surface area contributed by atoms with Gasteiger partial charge in [0.25, 0.3) is 5.91 Å². The van der Waals surface area contributed by atoms with E-state index in [-0.39, 0.29) is 23.2 Å². The first-order valence-corrected chi connectivity index (χ1v) is 9.21. The Morgan fingerprint density at radius 1 is 1.10 bits per heavy atom. The summed E-state index contributed by atoms with van der Waals surface area (Å²) in [5.41, 5.74) is 4.27. The summed E-state index contributed by atoms with van der Waals surface area (Å²) in [6.45, 7) is 3.16. The van der Waals surface area contributed by atoms with E-state index < -0.39 is 6.61 Å². The fraction of sp³-hybridized carbons (Fsp3) is 0.318. The molecule has 154 valence electrons. The van der Waals surface area contributed by atoms with Crippen LogP contribution in [0.4, 0.5) is 8.78 Å². The predicted octanol–water partition coefficient (Wildman–Crippen LogP) is 4.94. The number of alkyl halides is 2. The Kier molecular flexibility index (Phi) is 6.06. The summed E-state index contributed by atoms with van der Waals surface area (Å²) >= 11 is 0. The number of halogens is 2. The molecule has 0 radical (unpaired) electrons. The van der Waals surface area contributed by atoms with Crippen molar-refractivity contribution in [3.8, 4) is 11.5 Å². The van der Waals surface area contributed by atoms with Crippen LogP contribution in [0.2, 0.25) is 0 Å². The zero-order valence-corrected chi connectivity index (χ0v) is 16.8. The van der Waals surface area contributed by atoms with Crippen LogP contribution in [0.3, 0.4) is 0 Å². The van der Waals surface area contributed by atoms with Crippen LogP contribution in [0.1, 0.15) is 32.8 Å². The van der Waals surface area contributed by atoms with Gasteiger partial charge in [-0.25, -0.2) is 0 Å². The molecule has 0 bridgehead atoms. The summed E-state index contributed by atoms with van der Waals surface area (Å²) in [4.78, 5) is 12.6. The highest BCUT2D eigenvalue weighted by molar-refractivity contribution is 6.00. The first kappa shape index (κ1) is 20.6. The van der Waals surface area contributed by atoms with Crippen LogP contribution >= 0.6 is 0 Å². The monoisotopic (exact) mass is 403 g/mol. The Balaban J connectivity index is 1.71. The van der Waals surface area contributed by atoms with Crippen LogP contribution in [0.25, 0.3) is 11.0 Å². The van der Waals surface area contributed by atoms with E-state index in [1.807, 2.05) is 32.9 Å². The van der Waals surface area contributed by atoms with Gasteiger partial charge in [-0.2, -0.15) is 8.78 Å². The molecule has 29 heavy (non-hydrogen) atoms. The average Bonchev–Trinajstić information content (AvgIpc) is 3.03. The lowest BCUT2D eigenvalue weighted by molar-refractivity contribution is -0.0512. The van der Waals surface area contributed by atoms with Gasteiger partial charge in [0.15, 0.2) is 17.3 Å². The van der Waals surface area contributed by atoms with Gasteiger partial charge < -0.3 is 19.2 Å². The van der Waals surface area contributed by atoms with Gasteiger partial charge >= 0.3 is 6.61 Å². The fourth-order valence-corrected chi connectivity index (χ4v) is 3.36. The van der Waals surface area contributed by atoms with E-state index >= 15 is 0 Å². The van der Waals surface area contributed by atoms with Crippen molar-refractivity contribution in [2.45, 2.75) is 33.8 Å². The van der Waals surface area contributed by atoms with Crippen molar-refractivity contribution in [3.63, 3.8) is 0 Å². The van der Waals surface area contributed by atoms with E-state index in [1.54, 1.807) is 12.1 Å². The summed E-state index contributed by atoms with van der Waals surface area (Å²) in [5, 5.41) is 3.78. The second-order valence-electron chi connectivity index (χ2n) is 6.83. The van der Waals surface area contributed by atoms with E-state index in [0.717, 1.165) is 33.2 Å². The van der Waals surface area contributed by atoms with E-state index in [9.17, 15) is 13.6 Å². The third-order valence-electron chi connectivity index (χ3n) is 4.83. The van der Waals surface area contributed by atoms with Crippen LogP contribution in [0.15, 0.2) is 34.7 Å². The number of amides is 1. The molecule has 0 aliphatic rings. The number of hydrogen-bond donors (Lipinski definition) is 1. The highest BCUT2D eigenvalue weighted by Gasteiger charge is 2.19. The highest BCUT2D eigenvalue weighted by atomic mass is 19.3. The minimum absolute atomic E-state index is 0.0367. The number of methoxy groups -OCH3 is 1. The highest BCUT2D eigenvalue weighted by Crippen LogP contribution is 2.31. The Bertz CT molecular complexity index is 1040. The molecule has 1 amide bonds. The third kappa shape index (κ3) is 4.34. The second kappa shape index (κ2) is 8.51. The third-order valence-corrected chi connectivity index (χ3v) is 4.83. The topological polar surface area (TPSA) is 60.7 Å². The molecule has 0 unspecified atom stereocenters. The van der Waals surface area contributed by atoms with E-state index in [0.29, 0.717) is 13.0 Å². The first-order chi connectivity index (χ1) is 13.8. The van der Waals surface area contributed by atoms with E-state index in [1.165, 1.54) is 13.2 Å². The molecule has 0 atom stereocenters. The maximum atomic E-state index is 12.6. The number of carbonyl (C=O) groups is 1. The molecule has 5 nitrogen and oxygen atoms in total. The maximum Gasteiger partial charge on any atom is 0.387 e. The van der Waals surface area contributed by atoms with Crippen LogP contribution in [0.5, 0.6) is 11.5 Å². The molecule has 0 fully saturated rings. The summed E-state index contributed by atoms with van der Waals surface area (Å²) in [5.74, 6) is 0.163. The molecule has 0 aliphatic carbocycles. The van der Waals surface area contributed by atoms with Gasteiger partial charge in [-0.1, -0.05) is 18.2 Å². The summed E-state index contributed by atoms with van der Waals surface area (Å²) in [6.07, 6.45) is 0.437. The zero-order chi connectivity index (χ0) is 21.1. The molecule has 1 aromatic heterocycles. The minimum Gasteiger partial charge on any atom is -0.493 e. The van der Waals surface area contributed by atoms with Gasteiger partial charge in [0, 0.05) is 17.5 Å². The zero-order valence-electron chi connectivity index (χ0n) is 16.8. The molecule has 3 aromatic rings. The lowest BCUT2D eigenvalue weighted by atomic mass is 10.0. The van der Waals surface area contributed by atoms with Gasteiger partial charge in [0.1, 0.15) is 5.58 Å². The molecule has 1 heterocycles. The number of benzene rings is 2. The normalized spacial score (nSPS) is 11.1. The van der Waals surface area contributed by atoms with Crippen molar-refractivity contribution in [1.29, 1.82) is 0 Å². The Hall–Kier alpha value is -3.09. The number of ether oxygens (including phenoxy) is 2. The second-order valence-corrected chi connectivity index (χ2v) is 6.83. The summed E-state index contributed by atoms with van der Waals surface area (Å²) in [7, 11) is 1.38. The first-order valence-electron chi connectivity index (χ1n) is 9.21. The quantitative estimate of drug-likeness (QED) is 0.607. The Morgan fingerprint density at radius 3 is 2.48 bits per heavy atom. The van der Waals surface area contributed by atoms with Crippen molar-refractivity contribution in [2.75, 3.05) is 13.7 Å². The fourth-order valence-electron chi connectivity index (χ4n) is 3.36. The molecule has 0 saturated heterocycles. The van der Waals surface area contributed by atoms with Crippen molar-refractivity contribution >= 4 is 16.9 Å². The smallest absolute Gasteiger partial charge is 0.387 e. The minimum atomic E-state index is -2.94. The largest absolute Gasteiger partial charge is 0.493 e. The lowest BCUT2D eigenvalue weighted by Crippen LogP contribution is -2.25. The van der Waals surface area contributed by atoms with Crippen LogP contribution in [0, 0.1) is 20.8 Å². The SMILES string of the molecule is COc1ccc(CCNC(=O)c2oc3c(C)ccc(C)c3c2C)cc1OC(F)F. The molecule has 1 N–H and O–H groups in total. The van der Waals surface area contributed by atoms with Crippen LogP contribution < -0.4 is 14.8 Å². The van der Waals surface area contributed by atoms with Crippen molar-refractivity contribution in [2.24, 2.45) is 0 Å². The number of nitrogens with one attached hydrogen (secondary N) is 1. The maximum absolute atomic E-state index is 12.6. The summed E-state index contributed by atoms with van der Waals surface area (Å²) < 4.78 is 40.4. The molecule has 0 saturated carbocycles. The van der Waals surface area contributed by atoms with Crippen molar-refractivity contribution < 1.29 is 27.5 Å². The van der Waals surface area contributed by atoms with Gasteiger partial charge in [-0.15, -0.1) is 0 Å². The number of carbonyl (C=O) groups excluding carboxylic acids is 1. The molecular weight excluding hydrogens is 380 g/mol. The Labute approximate surface area is 167 Å². The van der Waals surface area contributed by atoms with Gasteiger partial charge in [0.05, 0.1) is 7.11 Å². The molecule has 3 rings (SSSR count). The number of hydrogen-bond acceptors (Lipinski definition) is 4. The lowest BCUT2D eigenvalue weighted by Gasteiger charge is -2.11. The average molecular weight is 403 g/mol. The molecule has 7 heteroatoms. The van der Waals surface area contributed by atoms with Crippen molar-refractivity contribution in [3.05, 3.63) is 58.3 Å². The molecule has 0 spiro atoms.